The molecule has 0 aliphatic heterocycles. The van der Waals surface area contributed by atoms with Crippen molar-refractivity contribution in [1.29, 1.82) is 0 Å². The van der Waals surface area contributed by atoms with Gasteiger partial charge in [-0.2, -0.15) is 13.2 Å². The number of hydrogen-bond donors (Lipinski definition) is 0. The van der Waals surface area contributed by atoms with Crippen LogP contribution in [0, 0.1) is 0 Å². The Bertz CT molecular complexity index is 372. The van der Waals surface area contributed by atoms with E-state index in [0.29, 0.717) is 11.3 Å². The molecule has 16 heavy (non-hydrogen) atoms. The quantitative estimate of drug-likeness (QED) is 0.797. The average Bonchev–Trinajstić information content (AvgIpc) is 2.24. The van der Waals surface area contributed by atoms with Crippen molar-refractivity contribution in [3.05, 3.63) is 29.8 Å². The van der Waals surface area contributed by atoms with E-state index in [9.17, 15) is 18.0 Å². The van der Waals surface area contributed by atoms with Gasteiger partial charge in [-0.1, -0.05) is 18.2 Å². The summed E-state index contributed by atoms with van der Waals surface area (Å²) in [7, 11) is 1.43. The fourth-order valence-corrected chi connectivity index (χ4v) is 1.30. The minimum absolute atomic E-state index is 0.0301. The lowest BCUT2D eigenvalue weighted by Crippen LogP contribution is -2.22. The smallest absolute Gasteiger partial charge is 0.449 e. The number of carbonyl (C=O) groups is 1. The van der Waals surface area contributed by atoms with Gasteiger partial charge < -0.3 is 4.74 Å². The van der Waals surface area contributed by atoms with E-state index in [4.69, 9.17) is 4.74 Å². The molecule has 0 aliphatic rings. The summed E-state index contributed by atoms with van der Waals surface area (Å²) in [5, 5.41) is 0. The highest BCUT2D eigenvalue weighted by Gasteiger charge is 2.37. The lowest BCUT2D eigenvalue weighted by molar-refractivity contribution is -0.171. The molecule has 5 heteroatoms. The lowest BCUT2D eigenvalue weighted by Gasteiger charge is -2.08. The molecule has 0 atom stereocenters. The van der Waals surface area contributed by atoms with Crippen LogP contribution in [0.1, 0.15) is 12.0 Å². The molecule has 2 nitrogen and oxygen atoms in total. The summed E-state index contributed by atoms with van der Waals surface area (Å²) in [6.45, 7) is 0. The molecule has 0 spiro atoms. The normalized spacial score (nSPS) is 11.2. The predicted molar refractivity (Wildman–Crippen MR) is 52.4 cm³/mol. The zero-order valence-corrected chi connectivity index (χ0v) is 8.67. The Kier molecular flexibility index (Phi) is 3.93. The second-order valence-corrected chi connectivity index (χ2v) is 3.23. The van der Waals surface area contributed by atoms with Gasteiger partial charge in [-0.25, -0.2) is 0 Å². The molecule has 1 rings (SSSR count). The maximum absolute atomic E-state index is 12.0. The standard InChI is InChI=1S/C11H11F3O2/c1-16-9-5-3-2-4-8(9)6-7-10(15)11(12,13)14/h2-5H,6-7H2,1H3. The van der Waals surface area contributed by atoms with Crippen molar-refractivity contribution in [1.82, 2.24) is 0 Å². The van der Waals surface area contributed by atoms with Gasteiger partial charge in [0.2, 0.25) is 5.78 Å². The Labute approximate surface area is 91.0 Å². The van der Waals surface area contributed by atoms with Gasteiger partial charge in [0.05, 0.1) is 7.11 Å². The average molecular weight is 232 g/mol. The molecular weight excluding hydrogens is 221 g/mol. The van der Waals surface area contributed by atoms with Crippen molar-refractivity contribution < 1.29 is 22.7 Å². The number of hydrogen-bond acceptors (Lipinski definition) is 2. The number of ketones is 1. The zero-order valence-electron chi connectivity index (χ0n) is 8.67. The molecule has 1 aromatic carbocycles. The second-order valence-electron chi connectivity index (χ2n) is 3.23. The maximum Gasteiger partial charge on any atom is 0.449 e. The van der Waals surface area contributed by atoms with Gasteiger partial charge in [0.1, 0.15) is 5.75 Å². The van der Waals surface area contributed by atoms with Crippen LogP contribution < -0.4 is 4.74 Å². The van der Waals surface area contributed by atoms with E-state index in [1.54, 1.807) is 24.3 Å². The highest BCUT2D eigenvalue weighted by molar-refractivity contribution is 5.84. The number of Topliss-reactive ketones (excluding diaryl/α,β-unsaturated/α-hetero) is 1. The molecule has 0 fully saturated rings. The first kappa shape index (κ1) is 12.5. The minimum atomic E-state index is -4.75. The van der Waals surface area contributed by atoms with Gasteiger partial charge in [0.15, 0.2) is 0 Å². The second kappa shape index (κ2) is 5.01. The number of benzene rings is 1. The predicted octanol–water partition coefficient (Wildman–Crippen LogP) is 2.76. The van der Waals surface area contributed by atoms with Crippen molar-refractivity contribution in [2.75, 3.05) is 7.11 Å². The van der Waals surface area contributed by atoms with Crippen LogP contribution in [0.4, 0.5) is 13.2 Å². The van der Waals surface area contributed by atoms with E-state index in [1.165, 1.54) is 7.11 Å². The Morgan fingerprint density at radius 1 is 1.31 bits per heavy atom. The number of alkyl halides is 3. The van der Waals surface area contributed by atoms with Crippen LogP contribution in [0.5, 0.6) is 5.75 Å². The number of aryl methyl sites for hydroxylation is 1. The minimum Gasteiger partial charge on any atom is -0.496 e. The third-order valence-corrected chi connectivity index (χ3v) is 2.13. The van der Waals surface area contributed by atoms with Crippen molar-refractivity contribution in [3.8, 4) is 5.75 Å². The largest absolute Gasteiger partial charge is 0.496 e. The highest BCUT2D eigenvalue weighted by Crippen LogP contribution is 2.22. The van der Waals surface area contributed by atoms with Gasteiger partial charge >= 0.3 is 6.18 Å². The molecule has 0 N–H and O–H groups in total. The number of carbonyl (C=O) groups excluding carboxylic acids is 1. The Hall–Kier alpha value is -1.52. The summed E-state index contributed by atoms with van der Waals surface area (Å²) in [6, 6.07) is 6.69. The third-order valence-electron chi connectivity index (χ3n) is 2.13. The fourth-order valence-electron chi connectivity index (χ4n) is 1.30. The van der Waals surface area contributed by atoms with Crippen molar-refractivity contribution in [2.24, 2.45) is 0 Å². The molecule has 0 aliphatic carbocycles. The molecule has 0 unspecified atom stereocenters. The molecule has 0 bridgehead atoms. The number of halogens is 3. The van der Waals surface area contributed by atoms with Crippen LogP contribution in [0.25, 0.3) is 0 Å². The summed E-state index contributed by atoms with van der Waals surface area (Å²) in [6.07, 6.45) is -5.27. The number of ether oxygens (including phenoxy) is 1. The Morgan fingerprint density at radius 2 is 1.94 bits per heavy atom. The molecular formula is C11H11F3O2. The number of para-hydroxylation sites is 1. The van der Waals surface area contributed by atoms with E-state index >= 15 is 0 Å². The van der Waals surface area contributed by atoms with Gasteiger partial charge in [-0.3, -0.25) is 4.79 Å². The molecule has 0 aromatic heterocycles. The maximum atomic E-state index is 12.0. The zero-order chi connectivity index (χ0) is 12.2. The number of rotatable bonds is 4. The summed E-state index contributed by atoms with van der Waals surface area (Å²) >= 11 is 0. The van der Waals surface area contributed by atoms with Crippen molar-refractivity contribution >= 4 is 5.78 Å². The van der Waals surface area contributed by atoms with Crippen LogP contribution >= 0.6 is 0 Å². The van der Waals surface area contributed by atoms with E-state index in [-0.39, 0.29) is 6.42 Å². The highest BCUT2D eigenvalue weighted by atomic mass is 19.4. The Balaban J connectivity index is 2.65. The molecule has 1 aromatic rings. The summed E-state index contributed by atoms with van der Waals surface area (Å²) in [5.74, 6) is -1.21. The first-order valence-corrected chi connectivity index (χ1v) is 4.67. The molecule has 88 valence electrons. The van der Waals surface area contributed by atoms with E-state index in [1.807, 2.05) is 0 Å². The summed E-state index contributed by atoms with van der Waals surface area (Å²) < 4.78 is 40.8. The summed E-state index contributed by atoms with van der Waals surface area (Å²) in [5.41, 5.74) is 0.600. The number of methoxy groups -OCH3 is 1. The molecule has 0 amide bonds. The monoisotopic (exact) mass is 232 g/mol. The molecule has 0 heterocycles. The van der Waals surface area contributed by atoms with Crippen LogP contribution in [0.3, 0.4) is 0 Å². The molecule has 0 saturated heterocycles. The SMILES string of the molecule is COc1ccccc1CCC(=O)C(F)(F)F. The van der Waals surface area contributed by atoms with Gasteiger partial charge in [-0.15, -0.1) is 0 Å². The van der Waals surface area contributed by atoms with Crippen LogP contribution in [0.15, 0.2) is 24.3 Å². The van der Waals surface area contributed by atoms with Gasteiger partial charge in [0, 0.05) is 6.42 Å². The van der Waals surface area contributed by atoms with Gasteiger partial charge in [0.25, 0.3) is 0 Å². The third kappa shape index (κ3) is 3.25. The topological polar surface area (TPSA) is 26.3 Å². The van der Waals surface area contributed by atoms with Gasteiger partial charge in [-0.05, 0) is 18.1 Å². The summed E-state index contributed by atoms with van der Waals surface area (Å²) in [4.78, 5) is 10.7. The van der Waals surface area contributed by atoms with E-state index < -0.39 is 18.4 Å². The fraction of sp³-hybridized carbons (Fsp3) is 0.364. The first-order chi connectivity index (χ1) is 7.45. The first-order valence-electron chi connectivity index (χ1n) is 4.67. The van der Waals surface area contributed by atoms with Crippen LogP contribution in [-0.2, 0) is 11.2 Å². The van der Waals surface area contributed by atoms with E-state index in [0.717, 1.165) is 0 Å². The van der Waals surface area contributed by atoms with Crippen LogP contribution in [-0.4, -0.2) is 19.1 Å². The molecule has 0 saturated carbocycles. The lowest BCUT2D eigenvalue weighted by atomic mass is 10.1. The van der Waals surface area contributed by atoms with Crippen molar-refractivity contribution in [3.63, 3.8) is 0 Å². The Morgan fingerprint density at radius 3 is 2.50 bits per heavy atom. The van der Waals surface area contributed by atoms with Crippen molar-refractivity contribution in [2.45, 2.75) is 19.0 Å². The van der Waals surface area contributed by atoms with E-state index in [2.05, 4.69) is 0 Å². The van der Waals surface area contributed by atoms with Crippen LogP contribution in [0.2, 0.25) is 0 Å². The molecule has 0 radical (unpaired) electrons.